The van der Waals surface area contributed by atoms with Crippen LogP contribution in [0.1, 0.15) is 12.8 Å². The fourth-order valence-corrected chi connectivity index (χ4v) is 2.10. The molecule has 2 N–H and O–H groups in total. The Labute approximate surface area is 102 Å². The van der Waals surface area contributed by atoms with Crippen LogP contribution < -0.4 is 10.6 Å². The fraction of sp³-hybridized carbons (Fsp3) is 0.750. The molecule has 0 aromatic rings. The quantitative estimate of drug-likeness (QED) is 0.698. The summed E-state index contributed by atoms with van der Waals surface area (Å²) in [6.45, 7) is 5.49. The SMILES string of the molecule is O=C(NCCC1=CCNCC1)N1CCOCC1. The van der Waals surface area contributed by atoms with Gasteiger partial charge in [-0.05, 0) is 19.4 Å². The highest BCUT2D eigenvalue weighted by Crippen LogP contribution is 2.08. The molecule has 0 spiro atoms. The lowest BCUT2D eigenvalue weighted by Gasteiger charge is -2.27. The first-order valence-electron chi connectivity index (χ1n) is 6.35. The second-order valence-electron chi connectivity index (χ2n) is 4.40. The summed E-state index contributed by atoms with van der Waals surface area (Å²) in [7, 11) is 0. The Kier molecular flexibility index (Phi) is 4.82. The summed E-state index contributed by atoms with van der Waals surface area (Å²) in [4.78, 5) is 13.6. The van der Waals surface area contributed by atoms with Crippen molar-refractivity contribution in [1.82, 2.24) is 15.5 Å². The normalized spacial score (nSPS) is 20.9. The Balaban J connectivity index is 1.63. The summed E-state index contributed by atoms with van der Waals surface area (Å²) in [5.41, 5.74) is 1.45. The molecule has 0 aliphatic carbocycles. The highest BCUT2D eigenvalue weighted by molar-refractivity contribution is 5.74. The van der Waals surface area contributed by atoms with Crippen molar-refractivity contribution in [2.24, 2.45) is 0 Å². The van der Waals surface area contributed by atoms with E-state index in [0.717, 1.165) is 32.5 Å². The van der Waals surface area contributed by atoms with Crippen molar-refractivity contribution in [3.63, 3.8) is 0 Å². The van der Waals surface area contributed by atoms with Gasteiger partial charge in [0.05, 0.1) is 13.2 Å². The molecule has 0 saturated carbocycles. The Morgan fingerprint density at radius 2 is 2.29 bits per heavy atom. The van der Waals surface area contributed by atoms with Crippen molar-refractivity contribution >= 4 is 6.03 Å². The van der Waals surface area contributed by atoms with E-state index in [1.807, 2.05) is 4.90 Å². The van der Waals surface area contributed by atoms with Crippen LogP contribution in [0.3, 0.4) is 0 Å². The zero-order chi connectivity index (χ0) is 11.9. The number of hydrogen-bond donors (Lipinski definition) is 2. The first-order valence-corrected chi connectivity index (χ1v) is 6.35. The standard InChI is InChI=1S/C12H21N3O2/c16-12(15-7-9-17-10-8-15)14-6-3-11-1-4-13-5-2-11/h1,13H,2-10H2,(H,14,16). The number of ether oxygens (including phenoxy) is 1. The van der Waals surface area contributed by atoms with Gasteiger partial charge in [-0.15, -0.1) is 0 Å². The average molecular weight is 239 g/mol. The molecule has 17 heavy (non-hydrogen) atoms. The minimum Gasteiger partial charge on any atom is -0.378 e. The summed E-state index contributed by atoms with van der Waals surface area (Å²) < 4.78 is 5.21. The molecule has 0 bridgehead atoms. The van der Waals surface area contributed by atoms with Crippen LogP contribution in [0.25, 0.3) is 0 Å². The summed E-state index contributed by atoms with van der Waals surface area (Å²) >= 11 is 0. The lowest BCUT2D eigenvalue weighted by atomic mass is 10.1. The molecule has 96 valence electrons. The van der Waals surface area contributed by atoms with E-state index >= 15 is 0 Å². The van der Waals surface area contributed by atoms with Gasteiger partial charge in [0.2, 0.25) is 0 Å². The van der Waals surface area contributed by atoms with Crippen LogP contribution in [0.5, 0.6) is 0 Å². The molecule has 1 fully saturated rings. The zero-order valence-corrected chi connectivity index (χ0v) is 10.2. The van der Waals surface area contributed by atoms with Crippen LogP contribution >= 0.6 is 0 Å². The molecule has 0 aromatic heterocycles. The van der Waals surface area contributed by atoms with Gasteiger partial charge in [0.1, 0.15) is 0 Å². The molecule has 0 aromatic carbocycles. The minimum absolute atomic E-state index is 0.0443. The van der Waals surface area contributed by atoms with Crippen LogP contribution in [0.15, 0.2) is 11.6 Å². The number of hydrogen-bond acceptors (Lipinski definition) is 3. The second-order valence-corrected chi connectivity index (χ2v) is 4.40. The molecular formula is C12H21N3O2. The molecule has 2 heterocycles. The molecular weight excluding hydrogens is 218 g/mol. The van der Waals surface area contributed by atoms with Crippen molar-refractivity contribution in [3.8, 4) is 0 Å². The number of urea groups is 1. The molecule has 1 saturated heterocycles. The lowest BCUT2D eigenvalue weighted by molar-refractivity contribution is 0.0533. The van der Waals surface area contributed by atoms with Crippen molar-refractivity contribution in [2.45, 2.75) is 12.8 Å². The van der Waals surface area contributed by atoms with Crippen molar-refractivity contribution in [3.05, 3.63) is 11.6 Å². The van der Waals surface area contributed by atoms with Crippen LogP contribution in [-0.4, -0.2) is 56.9 Å². The summed E-state index contributed by atoms with van der Waals surface area (Å²) in [6.07, 6.45) is 4.30. The molecule has 2 rings (SSSR count). The van der Waals surface area contributed by atoms with Gasteiger partial charge in [-0.25, -0.2) is 4.79 Å². The van der Waals surface area contributed by atoms with E-state index in [1.165, 1.54) is 5.57 Å². The molecule has 0 unspecified atom stereocenters. The first-order chi connectivity index (χ1) is 8.36. The van der Waals surface area contributed by atoms with Crippen molar-refractivity contribution in [2.75, 3.05) is 45.9 Å². The Bertz CT molecular complexity index is 285. The molecule has 5 heteroatoms. The van der Waals surface area contributed by atoms with E-state index in [1.54, 1.807) is 0 Å². The fourth-order valence-electron chi connectivity index (χ4n) is 2.10. The monoisotopic (exact) mass is 239 g/mol. The molecule has 0 atom stereocenters. The largest absolute Gasteiger partial charge is 0.378 e. The molecule has 5 nitrogen and oxygen atoms in total. The summed E-state index contributed by atoms with van der Waals surface area (Å²) in [5, 5.41) is 6.25. The van der Waals surface area contributed by atoms with E-state index in [0.29, 0.717) is 26.3 Å². The van der Waals surface area contributed by atoms with Gasteiger partial charge in [0, 0.05) is 26.2 Å². The number of carbonyl (C=O) groups excluding carboxylic acids is 1. The van der Waals surface area contributed by atoms with Gasteiger partial charge in [0.15, 0.2) is 0 Å². The smallest absolute Gasteiger partial charge is 0.317 e. The van der Waals surface area contributed by atoms with E-state index in [4.69, 9.17) is 4.74 Å². The number of carbonyl (C=O) groups is 1. The van der Waals surface area contributed by atoms with E-state index in [-0.39, 0.29) is 6.03 Å². The maximum absolute atomic E-state index is 11.8. The number of amides is 2. The first kappa shape index (κ1) is 12.4. The van der Waals surface area contributed by atoms with Crippen LogP contribution in [0.2, 0.25) is 0 Å². The Morgan fingerprint density at radius 1 is 1.47 bits per heavy atom. The molecule has 2 amide bonds. The lowest BCUT2D eigenvalue weighted by Crippen LogP contribution is -2.46. The van der Waals surface area contributed by atoms with Crippen LogP contribution in [0, 0.1) is 0 Å². The van der Waals surface area contributed by atoms with Gasteiger partial charge in [-0.2, -0.15) is 0 Å². The molecule has 0 radical (unpaired) electrons. The predicted molar refractivity (Wildman–Crippen MR) is 66.0 cm³/mol. The minimum atomic E-state index is 0.0443. The maximum atomic E-state index is 11.8. The predicted octanol–water partition coefficient (Wildman–Crippen LogP) is 0.338. The number of nitrogens with zero attached hydrogens (tertiary/aromatic N) is 1. The van der Waals surface area contributed by atoms with Crippen molar-refractivity contribution in [1.29, 1.82) is 0 Å². The third-order valence-electron chi connectivity index (χ3n) is 3.18. The van der Waals surface area contributed by atoms with Gasteiger partial charge in [0.25, 0.3) is 0 Å². The van der Waals surface area contributed by atoms with Gasteiger partial charge in [-0.1, -0.05) is 11.6 Å². The van der Waals surface area contributed by atoms with Gasteiger partial charge < -0.3 is 20.3 Å². The molecule has 2 aliphatic heterocycles. The molecule has 2 aliphatic rings. The van der Waals surface area contributed by atoms with Crippen LogP contribution in [0.4, 0.5) is 4.79 Å². The van der Waals surface area contributed by atoms with E-state index in [9.17, 15) is 4.79 Å². The van der Waals surface area contributed by atoms with Crippen molar-refractivity contribution < 1.29 is 9.53 Å². The highest BCUT2D eigenvalue weighted by atomic mass is 16.5. The highest BCUT2D eigenvalue weighted by Gasteiger charge is 2.15. The Morgan fingerprint density at radius 3 is 3.00 bits per heavy atom. The summed E-state index contributed by atoms with van der Waals surface area (Å²) in [5.74, 6) is 0. The number of nitrogens with one attached hydrogen (secondary N) is 2. The van der Waals surface area contributed by atoms with Gasteiger partial charge >= 0.3 is 6.03 Å². The third kappa shape index (κ3) is 4.02. The second kappa shape index (κ2) is 6.61. The summed E-state index contributed by atoms with van der Waals surface area (Å²) in [6, 6.07) is 0.0443. The van der Waals surface area contributed by atoms with E-state index < -0.39 is 0 Å². The Hall–Kier alpha value is -1.07. The topological polar surface area (TPSA) is 53.6 Å². The van der Waals surface area contributed by atoms with Crippen LogP contribution in [-0.2, 0) is 4.74 Å². The average Bonchev–Trinajstić information content (AvgIpc) is 2.41. The van der Waals surface area contributed by atoms with Gasteiger partial charge in [-0.3, -0.25) is 0 Å². The zero-order valence-electron chi connectivity index (χ0n) is 10.2. The van der Waals surface area contributed by atoms with E-state index in [2.05, 4.69) is 16.7 Å². The number of morpholine rings is 1. The third-order valence-corrected chi connectivity index (χ3v) is 3.18. The number of rotatable bonds is 3. The maximum Gasteiger partial charge on any atom is 0.317 e.